The van der Waals surface area contributed by atoms with Gasteiger partial charge in [-0.1, -0.05) is 18.6 Å². The van der Waals surface area contributed by atoms with E-state index in [1.54, 1.807) is 17.0 Å². The number of hydrogen-bond acceptors (Lipinski definition) is 4. The van der Waals surface area contributed by atoms with Crippen LogP contribution in [0.5, 0.6) is 0 Å². The highest BCUT2D eigenvalue weighted by atomic mass is 35.5. The highest BCUT2D eigenvalue weighted by Crippen LogP contribution is 2.26. The summed E-state index contributed by atoms with van der Waals surface area (Å²) in [5, 5.41) is 2.95. The molecule has 1 aromatic rings. The molecule has 0 radical (unpaired) electrons. The predicted molar refractivity (Wildman–Crippen MR) is 99.0 cm³/mol. The van der Waals surface area contributed by atoms with Crippen LogP contribution in [0.4, 0.5) is 5.69 Å². The van der Waals surface area contributed by atoms with Crippen LogP contribution >= 0.6 is 12.4 Å². The summed E-state index contributed by atoms with van der Waals surface area (Å²) >= 11 is 0. The summed E-state index contributed by atoms with van der Waals surface area (Å²) in [5.74, 6) is -0.165. The lowest BCUT2D eigenvalue weighted by molar-refractivity contribution is -0.120. The van der Waals surface area contributed by atoms with Crippen LogP contribution in [0.3, 0.4) is 0 Å². The molecule has 2 amide bonds. The SMILES string of the molecule is Cl.NC1CCCC(C(=O)Nc2ccccc2C(=O)N2CCOCC2)C1. The number of amides is 2. The molecule has 2 aliphatic rings. The lowest BCUT2D eigenvalue weighted by atomic mass is 9.85. The average Bonchev–Trinajstić information content (AvgIpc) is 2.62. The molecule has 2 atom stereocenters. The highest BCUT2D eigenvalue weighted by Gasteiger charge is 2.27. The van der Waals surface area contributed by atoms with Gasteiger partial charge in [0, 0.05) is 25.0 Å². The van der Waals surface area contributed by atoms with Crippen molar-refractivity contribution in [2.24, 2.45) is 11.7 Å². The second-order valence-corrected chi connectivity index (χ2v) is 6.56. The number of morpholine rings is 1. The molecule has 25 heavy (non-hydrogen) atoms. The van der Waals surface area contributed by atoms with E-state index in [1.807, 2.05) is 12.1 Å². The number of para-hydroxylation sites is 1. The fourth-order valence-corrected chi connectivity index (χ4v) is 3.42. The van der Waals surface area contributed by atoms with Gasteiger partial charge in [-0.2, -0.15) is 0 Å². The molecule has 2 unspecified atom stereocenters. The Morgan fingerprint density at radius 3 is 2.60 bits per heavy atom. The van der Waals surface area contributed by atoms with Crippen LogP contribution in [-0.2, 0) is 9.53 Å². The maximum absolute atomic E-state index is 12.7. The Morgan fingerprint density at radius 1 is 1.16 bits per heavy atom. The molecule has 0 spiro atoms. The van der Waals surface area contributed by atoms with E-state index >= 15 is 0 Å². The van der Waals surface area contributed by atoms with Crippen molar-refractivity contribution in [3.63, 3.8) is 0 Å². The summed E-state index contributed by atoms with van der Waals surface area (Å²) in [6.45, 7) is 2.28. The van der Waals surface area contributed by atoms with E-state index in [2.05, 4.69) is 5.32 Å². The van der Waals surface area contributed by atoms with E-state index < -0.39 is 0 Å². The van der Waals surface area contributed by atoms with Crippen LogP contribution in [0.1, 0.15) is 36.0 Å². The molecule has 1 saturated carbocycles. The minimum Gasteiger partial charge on any atom is -0.378 e. The second-order valence-electron chi connectivity index (χ2n) is 6.56. The van der Waals surface area contributed by atoms with E-state index in [1.165, 1.54) is 0 Å². The summed E-state index contributed by atoms with van der Waals surface area (Å²) in [7, 11) is 0. The molecule has 138 valence electrons. The molecular formula is C18H26ClN3O3. The first-order valence-electron chi connectivity index (χ1n) is 8.67. The maximum Gasteiger partial charge on any atom is 0.256 e. The quantitative estimate of drug-likeness (QED) is 0.856. The zero-order chi connectivity index (χ0) is 16.9. The first kappa shape index (κ1) is 19.7. The van der Waals surface area contributed by atoms with Crippen LogP contribution in [-0.4, -0.2) is 49.1 Å². The van der Waals surface area contributed by atoms with Crippen LogP contribution in [0.25, 0.3) is 0 Å². The van der Waals surface area contributed by atoms with Gasteiger partial charge in [0.2, 0.25) is 5.91 Å². The summed E-state index contributed by atoms with van der Waals surface area (Å²) in [4.78, 5) is 27.1. The third-order valence-corrected chi connectivity index (χ3v) is 4.80. The van der Waals surface area contributed by atoms with Crippen molar-refractivity contribution in [3.8, 4) is 0 Å². The standard InChI is InChI=1S/C18H25N3O3.ClH/c19-14-5-3-4-13(12-14)17(22)20-16-7-2-1-6-15(16)18(23)21-8-10-24-11-9-21;/h1-2,6-7,13-14H,3-5,8-12,19H2,(H,20,22);1H. The number of anilines is 1. The van der Waals surface area contributed by atoms with Gasteiger partial charge < -0.3 is 20.7 Å². The summed E-state index contributed by atoms with van der Waals surface area (Å²) in [6, 6.07) is 7.30. The van der Waals surface area contributed by atoms with E-state index in [0.717, 1.165) is 19.3 Å². The number of hydrogen-bond donors (Lipinski definition) is 2. The minimum absolute atomic E-state index is 0. The van der Waals surface area contributed by atoms with Gasteiger partial charge in [0.15, 0.2) is 0 Å². The minimum atomic E-state index is -0.0692. The summed E-state index contributed by atoms with van der Waals surface area (Å²) in [6.07, 6.45) is 3.54. The molecule has 6 nitrogen and oxygen atoms in total. The Bertz CT molecular complexity index is 605. The number of halogens is 1. The molecule has 1 aliphatic heterocycles. The van der Waals surface area contributed by atoms with Crippen molar-refractivity contribution < 1.29 is 14.3 Å². The normalized spacial score (nSPS) is 23.5. The second kappa shape index (κ2) is 9.17. The lowest BCUT2D eigenvalue weighted by Gasteiger charge is -2.28. The third-order valence-electron chi connectivity index (χ3n) is 4.80. The van der Waals surface area contributed by atoms with Crippen molar-refractivity contribution in [3.05, 3.63) is 29.8 Å². The third kappa shape index (κ3) is 4.93. The van der Waals surface area contributed by atoms with Crippen LogP contribution < -0.4 is 11.1 Å². The topological polar surface area (TPSA) is 84.7 Å². The van der Waals surface area contributed by atoms with Gasteiger partial charge >= 0.3 is 0 Å². The fourth-order valence-electron chi connectivity index (χ4n) is 3.42. The van der Waals surface area contributed by atoms with E-state index in [-0.39, 0.29) is 36.2 Å². The molecule has 1 aliphatic carbocycles. The van der Waals surface area contributed by atoms with Gasteiger partial charge in [-0.3, -0.25) is 9.59 Å². The average molecular weight is 368 g/mol. The molecule has 1 aromatic carbocycles. The number of ether oxygens (including phenoxy) is 1. The molecule has 3 N–H and O–H groups in total. The number of nitrogens with two attached hydrogens (primary N) is 1. The van der Waals surface area contributed by atoms with Gasteiger partial charge in [0.1, 0.15) is 0 Å². The molecule has 3 rings (SSSR count). The first-order chi connectivity index (χ1) is 11.6. The van der Waals surface area contributed by atoms with E-state index in [9.17, 15) is 9.59 Å². The molecular weight excluding hydrogens is 342 g/mol. The van der Waals surface area contributed by atoms with Gasteiger partial charge in [-0.25, -0.2) is 0 Å². The largest absolute Gasteiger partial charge is 0.378 e. The molecule has 0 aromatic heterocycles. The number of carbonyl (C=O) groups is 2. The summed E-state index contributed by atoms with van der Waals surface area (Å²) < 4.78 is 5.29. The Balaban J connectivity index is 0.00000225. The van der Waals surface area contributed by atoms with Gasteiger partial charge in [0.05, 0.1) is 24.5 Å². The Kier molecular flexibility index (Phi) is 7.23. The van der Waals surface area contributed by atoms with Gasteiger partial charge in [-0.05, 0) is 31.4 Å². The van der Waals surface area contributed by atoms with Crippen LogP contribution in [0, 0.1) is 5.92 Å². The van der Waals surface area contributed by atoms with Crippen molar-refractivity contribution in [2.75, 3.05) is 31.6 Å². The number of rotatable bonds is 3. The van der Waals surface area contributed by atoms with Crippen molar-refractivity contribution in [2.45, 2.75) is 31.7 Å². The molecule has 2 fully saturated rings. The zero-order valence-corrected chi connectivity index (χ0v) is 15.1. The number of benzene rings is 1. The highest BCUT2D eigenvalue weighted by molar-refractivity contribution is 6.04. The van der Waals surface area contributed by atoms with Crippen molar-refractivity contribution in [1.29, 1.82) is 0 Å². The van der Waals surface area contributed by atoms with E-state index in [0.29, 0.717) is 44.0 Å². The monoisotopic (exact) mass is 367 g/mol. The smallest absolute Gasteiger partial charge is 0.256 e. The van der Waals surface area contributed by atoms with Crippen LogP contribution in [0.15, 0.2) is 24.3 Å². The molecule has 7 heteroatoms. The van der Waals surface area contributed by atoms with Crippen LogP contribution in [0.2, 0.25) is 0 Å². The predicted octanol–water partition coefficient (Wildman–Crippen LogP) is 2.04. The van der Waals surface area contributed by atoms with E-state index in [4.69, 9.17) is 10.5 Å². The molecule has 1 heterocycles. The maximum atomic E-state index is 12.7. The van der Waals surface area contributed by atoms with Crippen molar-refractivity contribution in [1.82, 2.24) is 4.90 Å². The Morgan fingerprint density at radius 2 is 1.88 bits per heavy atom. The fraction of sp³-hybridized carbons (Fsp3) is 0.556. The Labute approximate surface area is 154 Å². The number of carbonyl (C=O) groups excluding carboxylic acids is 2. The zero-order valence-electron chi connectivity index (χ0n) is 14.3. The molecule has 1 saturated heterocycles. The number of nitrogens with zero attached hydrogens (tertiary/aromatic N) is 1. The Hall–Kier alpha value is -1.63. The number of nitrogens with one attached hydrogen (secondary N) is 1. The lowest BCUT2D eigenvalue weighted by Crippen LogP contribution is -2.41. The van der Waals surface area contributed by atoms with Gasteiger partial charge in [-0.15, -0.1) is 12.4 Å². The van der Waals surface area contributed by atoms with Crippen molar-refractivity contribution >= 4 is 29.9 Å². The summed E-state index contributed by atoms with van der Waals surface area (Å²) in [5.41, 5.74) is 7.10. The van der Waals surface area contributed by atoms with Gasteiger partial charge in [0.25, 0.3) is 5.91 Å². The molecule has 0 bridgehead atoms. The first-order valence-corrected chi connectivity index (χ1v) is 8.67.